The van der Waals surface area contributed by atoms with Gasteiger partial charge in [-0.3, -0.25) is 4.79 Å². The number of hydrogen-bond acceptors (Lipinski definition) is 6. The van der Waals surface area contributed by atoms with Crippen molar-refractivity contribution in [2.45, 2.75) is 65.3 Å². The van der Waals surface area contributed by atoms with E-state index < -0.39 is 24.4 Å². The van der Waals surface area contributed by atoms with Gasteiger partial charge >= 0.3 is 13.1 Å². The summed E-state index contributed by atoms with van der Waals surface area (Å²) in [5.41, 5.74) is 3.00. The molecular weight excluding hydrogens is 453 g/mol. The summed E-state index contributed by atoms with van der Waals surface area (Å²) in [4.78, 5) is 12.7. The average Bonchev–Trinajstić information content (AvgIpc) is 3.23. The highest BCUT2D eigenvalue weighted by atomic mass is 35.5. The zero-order valence-electron chi connectivity index (χ0n) is 20.3. The first-order chi connectivity index (χ1) is 16.0. The standard InChI is InChI=1S/C26H29BClNO5/c1-16-21(15-23(30)31-17(2)20-9-7-8-10-22(20)28)24(32-29-16)18-11-13-19(14-12-18)27-33-25(3,4)26(5,6)34-27/h7-14,17H,15H2,1-6H3. The molecule has 0 N–H and O–H groups in total. The molecule has 0 amide bonds. The molecule has 1 aromatic heterocycles. The number of nitrogens with zero attached hydrogens (tertiary/aromatic N) is 1. The highest BCUT2D eigenvalue weighted by Crippen LogP contribution is 2.36. The van der Waals surface area contributed by atoms with Gasteiger partial charge in [-0.25, -0.2) is 0 Å². The lowest BCUT2D eigenvalue weighted by Crippen LogP contribution is -2.41. The molecule has 0 radical (unpaired) electrons. The summed E-state index contributed by atoms with van der Waals surface area (Å²) < 4.78 is 23.5. The first-order valence-corrected chi connectivity index (χ1v) is 11.7. The Hall–Kier alpha value is -2.61. The molecule has 2 aromatic carbocycles. The molecule has 1 aliphatic heterocycles. The maximum atomic E-state index is 12.7. The van der Waals surface area contributed by atoms with Gasteiger partial charge in [0, 0.05) is 21.7 Å². The minimum absolute atomic E-state index is 0.0401. The minimum Gasteiger partial charge on any atom is -0.457 e. The highest BCUT2D eigenvalue weighted by molar-refractivity contribution is 6.62. The van der Waals surface area contributed by atoms with Crippen LogP contribution >= 0.6 is 11.6 Å². The van der Waals surface area contributed by atoms with E-state index in [1.165, 1.54) is 0 Å². The smallest absolute Gasteiger partial charge is 0.457 e. The number of rotatable bonds is 6. The normalized spacial score (nSPS) is 17.6. The van der Waals surface area contributed by atoms with E-state index in [0.717, 1.165) is 16.6 Å². The lowest BCUT2D eigenvalue weighted by molar-refractivity contribution is -0.147. The number of hydrogen-bond donors (Lipinski definition) is 0. The molecule has 1 unspecified atom stereocenters. The molecule has 6 nitrogen and oxygen atoms in total. The third-order valence-corrected chi connectivity index (χ3v) is 7.00. The van der Waals surface area contributed by atoms with Gasteiger partial charge in [0.1, 0.15) is 6.10 Å². The Bertz CT molecular complexity index is 1170. The molecule has 3 aromatic rings. The van der Waals surface area contributed by atoms with Crippen LogP contribution in [0.25, 0.3) is 11.3 Å². The van der Waals surface area contributed by atoms with Gasteiger partial charge in [0.15, 0.2) is 5.76 Å². The van der Waals surface area contributed by atoms with Gasteiger partial charge in [-0.05, 0) is 53.1 Å². The Morgan fingerprint density at radius 3 is 2.29 bits per heavy atom. The van der Waals surface area contributed by atoms with Crippen molar-refractivity contribution in [3.8, 4) is 11.3 Å². The number of halogens is 1. The van der Waals surface area contributed by atoms with Crippen LogP contribution in [0.2, 0.25) is 5.02 Å². The Kier molecular flexibility index (Phi) is 6.64. The lowest BCUT2D eigenvalue weighted by atomic mass is 9.78. The van der Waals surface area contributed by atoms with Crippen molar-refractivity contribution in [2.24, 2.45) is 0 Å². The van der Waals surface area contributed by atoms with Crippen LogP contribution < -0.4 is 5.46 Å². The minimum atomic E-state index is -0.469. The number of carbonyl (C=O) groups is 1. The van der Waals surface area contributed by atoms with Crippen molar-refractivity contribution >= 4 is 30.2 Å². The third kappa shape index (κ3) is 4.78. The fourth-order valence-corrected chi connectivity index (χ4v) is 4.14. The highest BCUT2D eigenvalue weighted by Gasteiger charge is 2.51. The molecule has 1 atom stereocenters. The predicted octanol–water partition coefficient (Wildman–Crippen LogP) is 5.45. The van der Waals surface area contributed by atoms with Crippen molar-refractivity contribution < 1.29 is 23.4 Å². The zero-order chi connectivity index (χ0) is 24.7. The number of esters is 1. The van der Waals surface area contributed by atoms with Crippen LogP contribution in [0.4, 0.5) is 0 Å². The van der Waals surface area contributed by atoms with Gasteiger partial charge in [0.05, 0.1) is 23.3 Å². The van der Waals surface area contributed by atoms with Crippen LogP contribution in [-0.2, 0) is 25.3 Å². The second-order valence-corrected chi connectivity index (χ2v) is 10.0. The van der Waals surface area contributed by atoms with Gasteiger partial charge in [-0.1, -0.05) is 59.2 Å². The lowest BCUT2D eigenvalue weighted by Gasteiger charge is -2.32. The fraction of sp³-hybridized carbons (Fsp3) is 0.385. The SMILES string of the molecule is Cc1noc(-c2ccc(B3OC(C)(C)C(C)(C)O3)cc2)c1CC(=O)OC(C)c1ccccc1Cl. The largest absolute Gasteiger partial charge is 0.494 e. The summed E-state index contributed by atoms with van der Waals surface area (Å²) in [5, 5.41) is 4.64. The average molecular weight is 482 g/mol. The summed E-state index contributed by atoms with van der Waals surface area (Å²) in [5.74, 6) is 0.161. The molecule has 2 heterocycles. The van der Waals surface area contributed by atoms with Gasteiger partial charge in [-0.2, -0.15) is 0 Å². The summed E-state index contributed by atoms with van der Waals surface area (Å²) in [6.45, 7) is 11.7. The van der Waals surface area contributed by atoms with Gasteiger partial charge in [-0.15, -0.1) is 0 Å². The van der Waals surface area contributed by atoms with Crippen molar-refractivity contribution in [1.29, 1.82) is 0 Å². The van der Waals surface area contributed by atoms with Crippen LogP contribution in [0.15, 0.2) is 53.1 Å². The van der Waals surface area contributed by atoms with E-state index >= 15 is 0 Å². The van der Waals surface area contributed by atoms with Gasteiger partial charge in [0.25, 0.3) is 0 Å². The van der Waals surface area contributed by atoms with E-state index in [4.69, 9.17) is 30.2 Å². The first kappa shape index (κ1) is 24.5. The second kappa shape index (κ2) is 9.21. The molecule has 1 fully saturated rings. The molecule has 1 aliphatic rings. The third-order valence-electron chi connectivity index (χ3n) is 6.66. The predicted molar refractivity (Wildman–Crippen MR) is 132 cm³/mol. The van der Waals surface area contributed by atoms with Crippen LogP contribution in [-0.4, -0.2) is 29.4 Å². The molecule has 0 saturated carbocycles. The fourth-order valence-electron chi connectivity index (χ4n) is 3.85. The first-order valence-electron chi connectivity index (χ1n) is 11.3. The van der Waals surface area contributed by atoms with E-state index in [2.05, 4.69) is 5.16 Å². The van der Waals surface area contributed by atoms with Crippen LogP contribution in [0, 0.1) is 6.92 Å². The number of aromatic nitrogens is 1. The molecule has 34 heavy (non-hydrogen) atoms. The van der Waals surface area contributed by atoms with E-state index in [-0.39, 0.29) is 12.4 Å². The number of aryl methyl sites for hydroxylation is 1. The Morgan fingerprint density at radius 1 is 1.06 bits per heavy atom. The van der Waals surface area contributed by atoms with Crippen LogP contribution in [0.1, 0.15) is 57.5 Å². The summed E-state index contributed by atoms with van der Waals surface area (Å²) in [7, 11) is -0.448. The maximum absolute atomic E-state index is 12.7. The van der Waals surface area contributed by atoms with Gasteiger partial charge < -0.3 is 18.6 Å². The topological polar surface area (TPSA) is 70.8 Å². The van der Waals surface area contributed by atoms with Crippen molar-refractivity contribution in [3.05, 3.63) is 70.4 Å². The Balaban J connectivity index is 1.49. The number of ether oxygens (including phenoxy) is 1. The van der Waals surface area contributed by atoms with E-state index in [1.54, 1.807) is 13.0 Å². The van der Waals surface area contributed by atoms with E-state index in [0.29, 0.717) is 22.0 Å². The van der Waals surface area contributed by atoms with Crippen molar-refractivity contribution in [1.82, 2.24) is 5.16 Å². The second-order valence-electron chi connectivity index (χ2n) is 9.62. The Labute approximate surface area is 205 Å². The molecule has 1 saturated heterocycles. The molecule has 0 aliphatic carbocycles. The molecule has 8 heteroatoms. The molecule has 0 spiro atoms. The summed E-state index contributed by atoms with van der Waals surface area (Å²) in [6.07, 6.45) is -0.428. The molecular formula is C26H29BClNO5. The van der Waals surface area contributed by atoms with Gasteiger partial charge in [0.2, 0.25) is 0 Å². The quantitative estimate of drug-likeness (QED) is 0.344. The van der Waals surface area contributed by atoms with E-state index in [1.807, 2.05) is 77.1 Å². The molecule has 4 rings (SSSR count). The van der Waals surface area contributed by atoms with Crippen molar-refractivity contribution in [2.75, 3.05) is 0 Å². The zero-order valence-corrected chi connectivity index (χ0v) is 21.1. The monoisotopic (exact) mass is 481 g/mol. The number of benzene rings is 2. The Morgan fingerprint density at radius 2 is 1.68 bits per heavy atom. The summed E-state index contributed by atoms with van der Waals surface area (Å²) >= 11 is 6.23. The number of carbonyl (C=O) groups excluding carboxylic acids is 1. The molecule has 178 valence electrons. The van der Waals surface area contributed by atoms with Crippen molar-refractivity contribution in [3.63, 3.8) is 0 Å². The summed E-state index contributed by atoms with van der Waals surface area (Å²) in [6, 6.07) is 15.0. The molecule has 0 bridgehead atoms. The van der Waals surface area contributed by atoms with Crippen LogP contribution in [0.5, 0.6) is 0 Å². The maximum Gasteiger partial charge on any atom is 0.494 e. The van der Waals surface area contributed by atoms with E-state index in [9.17, 15) is 4.79 Å². The van der Waals surface area contributed by atoms with Crippen LogP contribution in [0.3, 0.4) is 0 Å².